The Bertz CT molecular complexity index is 320. The van der Waals surface area contributed by atoms with E-state index in [0.29, 0.717) is 6.61 Å². The normalized spacial score (nSPS) is 9.60. The summed E-state index contributed by atoms with van der Waals surface area (Å²) in [6.07, 6.45) is 3.58. The first-order valence-electron chi connectivity index (χ1n) is 5.01. The van der Waals surface area contributed by atoms with Crippen LogP contribution in [0.2, 0.25) is 0 Å². The fourth-order valence-corrected chi connectivity index (χ4v) is 1.25. The van der Waals surface area contributed by atoms with Gasteiger partial charge >= 0.3 is 0 Å². The number of nitrogens with one attached hydrogen (secondary N) is 1. The Morgan fingerprint density at radius 1 is 1.20 bits per heavy atom. The highest BCUT2D eigenvalue weighted by molar-refractivity contribution is 5.33. The molecular formula is C13H17NO. The predicted octanol–water partition coefficient (Wildman–Crippen LogP) is 2.53. The molecule has 1 aromatic carbocycles. The van der Waals surface area contributed by atoms with E-state index >= 15 is 0 Å². The van der Waals surface area contributed by atoms with Crippen molar-refractivity contribution in [1.82, 2.24) is 5.32 Å². The van der Waals surface area contributed by atoms with Crippen molar-refractivity contribution in [2.24, 2.45) is 0 Å². The van der Waals surface area contributed by atoms with E-state index in [1.54, 1.807) is 6.08 Å². The van der Waals surface area contributed by atoms with Crippen LogP contribution in [0.25, 0.3) is 0 Å². The lowest BCUT2D eigenvalue weighted by molar-refractivity contribution is 0.358. The molecule has 0 amide bonds. The van der Waals surface area contributed by atoms with Crippen LogP contribution < -0.4 is 10.1 Å². The van der Waals surface area contributed by atoms with Crippen LogP contribution in [-0.2, 0) is 6.54 Å². The third-order valence-electron chi connectivity index (χ3n) is 1.93. The van der Waals surface area contributed by atoms with Crippen molar-refractivity contribution in [1.29, 1.82) is 0 Å². The first-order chi connectivity index (χ1) is 7.38. The summed E-state index contributed by atoms with van der Waals surface area (Å²) >= 11 is 0. The van der Waals surface area contributed by atoms with Gasteiger partial charge in [0.25, 0.3) is 0 Å². The maximum absolute atomic E-state index is 5.53. The molecule has 0 aliphatic carbocycles. The fourth-order valence-electron chi connectivity index (χ4n) is 1.25. The van der Waals surface area contributed by atoms with Gasteiger partial charge in [0, 0.05) is 18.7 Å². The van der Waals surface area contributed by atoms with Crippen molar-refractivity contribution in [3.8, 4) is 5.75 Å². The Kier molecular flexibility index (Phi) is 5.26. The van der Waals surface area contributed by atoms with Gasteiger partial charge in [0.1, 0.15) is 12.4 Å². The van der Waals surface area contributed by atoms with Crippen molar-refractivity contribution >= 4 is 0 Å². The van der Waals surface area contributed by atoms with Gasteiger partial charge in [0.05, 0.1) is 0 Å². The average Bonchev–Trinajstić information content (AvgIpc) is 2.28. The summed E-state index contributed by atoms with van der Waals surface area (Å²) in [7, 11) is 0. The highest BCUT2D eigenvalue weighted by Gasteiger charge is 2.00. The van der Waals surface area contributed by atoms with Crippen LogP contribution in [0.1, 0.15) is 5.56 Å². The van der Waals surface area contributed by atoms with Gasteiger partial charge in [-0.2, -0.15) is 0 Å². The lowest BCUT2D eigenvalue weighted by atomic mass is 10.2. The second-order valence-corrected chi connectivity index (χ2v) is 3.13. The first kappa shape index (κ1) is 11.5. The van der Waals surface area contributed by atoms with Crippen LogP contribution in [0.5, 0.6) is 5.75 Å². The van der Waals surface area contributed by atoms with Crippen LogP contribution in [0, 0.1) is 0 Å². The average molecular weight is 203 g/mol. The standard InChI is InChI=1S/C13H17NO/c1-3-9-14-11-12-7-5-6-8-13(12)15-10-4-2/h3-8,14H,1-2,9-11H2. The summed E-state index contributed by atoms with van der Waals surface area (Å²) in [5.74, 6) is 0.911. The fraction of sp³-hybridized carbons (Fsp3) is 0.231. The van der Waals surface area contributed by atoms with Gasteiger partial charge in [-0.25, -0.2) is 0 Å². The summed E-state index contributed by atoms with van der Waals surface area (Å²) in [5, 5.41) is 3.24. The summed E-state index contributed by atoms with van der Waals surface area (Å²) in [5.41, 5.74) is 1.15. The molecule has 0 fully saturated rings. The molecular weight excluding hydrogens is 186 g/mol. The van der Waals surface area contributed by atoms with Gasteiger partial charge in [0.15, 0.2) is 0 Å². The van der Waals surface area contributed by atoms with Crippen LogP contribution in [-0.4, -0.2) is 13.2 Å². The second kappa shape index (κ2) is 6.85. The van der Waals surface area contributed by atoms with E-state index in [2.05, 4.69) is 24.5 Å². The molecule has 0 aliphatic heterocycles. The lowest BCUT2D eigenvalue weighted by Gasteiger charge is -2.09. The topological polar surface area (TPSA) is 21.3 Å². The lowest BCUT2D eigenvalue weighted by Crippen LogP contribution is -2.13. The summed E-state index contributed by atoms with van der Waals surface area (Å²) in [6, 6.07) is 7.99. The molecule has 0 atom stereocenters. The van der Waals surface area contributed by atoms with E-state index in [4.69, 9.17) is 4.74 Å². The van der Waals surface area contributed by atoms with Crippen molar-refractivity contribution in [3.05, 3.63) is 55.1 Å². The molecule has 0 spiro atoms. The molecule has 2 nitrogen and oxygen atoms in total. The van der Waals surface area contributed by atoms with Gasteiger partial charge in [-0.15, -0.1) is 6.58 Å². The minimum atomic E-state index is 0.540. The molecule has 1 N–H and O–H groups in total. The highest BCUT2D eigenvalue weighted by atomic mass is 16.5. The maximum Gasteiger partial charge on any atom is 0.124 e. The molecule has 15 heavy (non-hydrogen) atoms. The molecule has 80 valence electrons. The van der Waals surface area contributed by atoms with Crippen molar-refractivity contribution in [2.75, 3.05) is 13.2 Å². The van der Waals surface area contributed by atoms with Gasteiger partial charge in [0.2, 0.25) is 0 Å². The number of hydrogen-bond acceptors (Lipinski definition) is 2. The van der Waals surface area contributed by atoms with Gasteiger partial charge < -0.3 is 10.1 Å². The van der Waals surface area contributed by atoms with Gasteiger partial charge in [-0.1, -0.05) is 36.9 Å². The minimum absolute atomic E-state index is 0.540. The van der Waals surface area contributed by atoms with Crippen LogP contribution >= 0.6 is 0 Å². The number of rotatable bonds is 7. The zero-order valence-electron chi connectivity index (χ0n) is 8.91. The smallest absolute Gasteiger partial charge is 0.124 e. The molecule has 1 rings (SSSR count). The van der Waals surface area contributed by atoms with Gasteiger partial charge in [-0.05, 0) is 6.07 Å². The zero-order chi connectivity index (χ0) is 10.9. The Hall–Kier alpha value is -1.54. The Balaban J connectivity index is 2.59. The molecule has 0 aromatic heterocycles. The summed E-state index contributed by atoms with van der Waals surface area (Å²) < 4.78 is 5.53. The molecule has 0 saturated carbocycles. The van der Waals surface area contributed by atoms with Crippen LogP contribution in [0.15, 0.2) is 49.6 Å². The summed E-state index contributed by atoms with van der Waals surface area (Å²) in [6.45, 7) is 9.42. The van der Waals surface area contributed by atoms with E-state index in [0.717, 1.165) is 24.4 Å². The third kappa shape index (κ3) is 4.00. The Labute approximate surface area is 91.3 Å². The van der Waals surface area contributed by atoms with E-state index in [-0.39, 0.29) is 0 Å². The quantitative estimate of drug-likeness (QED) is 0.543. The molecule has 0 heterocycles. The largest absolute Gasteiger partial charge is 0.489 e. The predicted molar refractivity (Wildman–Crippen MR) is 64.0 cm³/mol. The number of ether oxygens (including phenoxy) is 1. The second-order valence-electron chi connectivity index (χ2n) is 3.13. The van der Waals surface area contributed by atoms with E-state index in [1.807, 2.05) is 24.3 Å². The van der Waals surface area contributed by atoms with Crippen molar-refractivity contribution in [2.45, 2.75) is 6.54 Å². The Morgan fingerprint density at radius 3 is 2.73 bits per heavy atom. The molecule has 0 radical (unpaired) electrons. The zero-order valence-corrected chi connectivity index (χ0v) is 8.91. The monoisotopic (exact) mass is 203 g/mol. The number of hydrogen-bond donors (Lipinski definition) is 1. The number of para-hydroxylation sites is 1. The van der Waals surface area contributed by atoms with E-state index in [9.17, 15) is 0 Å². The van der Waals surface area contributed by atoms with Crippen molar-refractivity contribution in [3.63, 3.8) is 0 Å². The minimum Gasteiger partial charge on any atom is -0.489 e. The van der Waals surface area contributed by atoms with Gasteiger partial charge in [-0.3, -0.25) is 0 Å². The molecule has 1 aromatic rings. The third-order valence-corrected chi connectivity index (χ3v) is 1.93. The molecule has 0 aliphatic rings. The molecule has 0 bridgehead atoms. The van der Waals surface area contributed by atoms with E-state index < -0.39 is 0 Å². The number of benzene rings is 1. The molecule has 0 saturated heterocycles. The maximum atomic E-state index is 5.53. The summed E-state index contributed by atoms with van der Waals surface area (Å²) in [4.78, 5) is 0. The van der Waals surface area contributed by atoms with Crippen molar-refractivity contribution < 1.29 is 4.74 Å². The highest BCUT2D eigenvalue weighted by Crippen LogP contribution is 2.17. The van der Waals surface area contributed by atoms with E-state index in [1.165, 1.54) is 0 Å². The molecule has 2 heteroatoms. The van der Waals surface area contributed by atoms with Crippen LogP contribution in [0.3, 0.4) is 0 Å². The first-order valence-corrected chi connectivity index (χ1v) is 5.01. The van der Waals surface area contributed by atoms with Crippen LogP contribution in [0.4, 0.5) is 0 Å². The molecule has 0 unspecified atom stereocenters. The Morgan fingerprint density at radius 2 is 2.00 bits per heavy atom. The SMILES string of the molecule is C=CCNCc1ccccc1OCC=C.